The molecule has 0 saturated heterocycles. The van der Waals surface area contributed by atoms with Gasteiger partial charge < -0.3 is 14.6 Å². The molecule has 29 heavy (non-hydrogen) atoms. The smallest absolute Gasteiger partial charge is 0.247 e. The summed E-state index contributed by atoms with van der Waals surface area (Å²) in [6.45, 7) is 3.29. The van der Waals surface area contributed by atoms with E-state index >= 15 is 0 Å². The molecule has 0 unspecified atom stereocenters. The van der Waals surface area contributed by atoms with E-state index in [1.165, 1.54) is 16.6 Å². The minimum Gasteiger partial charge on any atom is -0.494 e. The summed E-state index contributed by atoms with van der Waals surface area (Å²) >= 11 is 6.54. The number of hydrogen-bond acceptors (Lipinski definition) is 4. The maximum absolute atomic E-state index is 11.2. The van der Waals surface area contributed by atoms with Crippen molar-refractivity contribution in [3.63, 3.8) is 0 Å². The molecule has 1 aliphatic heterocycles. The van der Waals surface area contributed by atoms with Crippen molar-refractivity contribution in [1.29, 1.82) is 0 Å². The van der Waals surface area contributed by atoms with Crippen LogP contribution in [0.5, 0.6) is 5.75 Å². The van der Waals surface area contributed by atoms with Crippen molar-refractivity contribution in [1.82, 2.24) is 15.4 Å². The number of aryl methyl sites for hydroxylation is 1. The van der Waals surface area contributed by atoms with E-state index in [-0.39, 0.29) is 6.42 Å². The summed E-state index contributed by atoms with van der Waals surface area (Å²) in [6, 6.07) is 13.5. The maximum atomic E-state index is 11.2. The summed E-state index contributed by atoms with van der Waals surface area (Å²) in [4.78, 5) is 11.2. The van der Waals surface area contributed by atoms with Crippen LogP contribution >= 0.6 is 11.6 Å². The number of rotatable bonds is 7. The van der Waals surface area contributed by atoms with E-state index in [1.807, 2.05) is 36.4 Å². The van der Waals surface area contributed by atoms with Crippen LogP contribution in [0.15, 0.2) is 42.5 Å². The van der Waals surface area contributed by atoms with Gasteiger partial charge in [0.05, 0.1) is 23.6 Å². The van der Waals surface area contributed by atoms with E-state index in [9.17, 15) is 4.79 Å². The van der Waals surface area contributed by atoms with Gasteiger partial charge in [0, 0.05) is 24.2 Å². The van der Waals surface area contributed by atoms with Crippen molar-refractivity contribution < 1.29 is 14.7 Å². The summed E-state index contributed by atoms with van der Waals surface area (Å²) in [5.41, 5.74) is 6.30. The second kappa shape index (κ2) is 8.86. The first-order valence-corrected chi connectivity index (χ1v) is 10.2. The van der Waals surface area contributed by atoms with E-state index in [2.05, 4.69) is 16.0 Å². The lowest BCUT2D eigenvalue weighted by atomic mass is 10.0. The van der Waals surface area contributed by atoms with Crippen LogP contribution in [0.1, 0.15) is 23.2 Å². The van der Waals surface area contributed by atoms with Crippen LogP contribution in [0.25, 0.3) is 10.9 Å². The van der Waals surface area contributed by atoms with Crippen LogP contribution in [0, 0.1) is 0 Å². The number of fused-ring (bicyclic) bond motifs is 3. The Labute approximate surface area is 174 Å². The van der Waals surface area contributed by atoms with E-state index in [4.69, 9.17) is 21.5 Å². The first-order chi connectivity index (χ1) is 14.2. The second-order valence-electron chi connectivity index (χ2n) is 7.20. The summed E-state index contributed by atoms with van der Waals surface area (Å²) in [6.07, 6.45) is 2.02. The lowest BCUT2D eigenvalue weighted by molar-refractivity contribution is -0.128. The van der Waals surface area contributed by atoms with Gasteiger partial charge in [0.2, 0.25) is 5.91 Å². The number of carbonyl (C=O) groups is 1. The molecular weight excluding hydrogens is 390 g/mol. The fraction of sp³-hybridized carbons (Fsp3) is 0.318. The monoisotopic (exact) mass is 413 g/mol. The zero-order chi connectivity index (χ0) is 20.2. The van der Waals surface area contributed by atoms with Gasteiger partial charge in [-0.05, 0) is 48.7 Å². The Hall–Kier alpha value is -2.54. The van der Waals surface area contributed by atoms with Crippen LogP contribution in [-0.4, -0.2) is 28.8 Å². The van der Waals surface area contributed by atoms with Gasteiger partial charge in [-0.25, -0.2) is 5.48 Å². The Morgan fingerprint density at radius 2 is 2.07 bits per heavy atom. The summed E-state index contributed by atoms with van der Waals surface area (Å²) in [5, 5.41) is 14.1. The lowest BCUT2D eigenvalue weighted by Crippen LogP contribution is -2.25. The van der Waals surface area contributed by atoms with Crippen LogP contribution in [-0.2, 0) is 30.7 Å². The van der Waals surface area contributed by atoms with Crippen molar-refractivity contribution in [2.75, 3.05) is 13.2 Å². The average molecular weight is 414 g/mol. The Morgan fingerprint density at radius 3 is 2.86 bits per heavy atom. The number of para-hydroxylation sites is 1. The third kappa shape index (κ3) is 4.24. The van der Waals surface area contributed by atoms with Gasteiger partial charge in [0.25, 0.3) is 0 Å². The molecule has 3 N–H and O–H groups in total. The van der Waals surface area contributed by atoms with Crippen LogP contribution in [0.4, 0.5) is 0 Å². The molecule has 1 amide bonds. The van der Waals surface area contributed by atoms with Crippen molar-refractivity contribution in [3.05, 3.63) is 64.3 Å². The zero-order valence-corrected chi connectivity index (χ0v) is 16.8. The van der Waals surface area contributed by atoms with Crippen LogP contribution in [0.3, 0.4) is 0 Å². The number of ether oxygens (including phenoxy) is 1. The first kappa shape index (κ1) is 19.8. The molecule has 0 saturated carbocycles. The third-order valence-electron chi connectivity index (χ3n) is 5.31. The normalized spacial score (nSPS) is 13.3. The number of halogens is 1. The predicted molar refractivity (Wildman–Crippen MR) is 113 cm³/mol. The molecule has 0 atom stereocenters. The van der Waals surface area contributed by atoms with Gasteiger partial charge in [-0.3, -0.25) is 10.0 Å². The molecule has 1 aliphatic rings. The molecule has 0 aliphatic carbocycles. The highest BCUT2D eigenvalue weighted by Crippen LogP contribution is 2.33. The number of aromatic nitrogens is 1. The average Bonchev–Trinajstić information content (AvgIpc) is 3.07. The van der Waals surface area contributed by atoms with Crippen molar-refractivity contribution in [3.8, 4) is 5.75 Å². The molecule has 1 aromatic heterocycles. The molecule has 0 fully saturated rings. The third-order valence-corrected chi connectivity index (χ3v) is 5.61. The fourth-order valence-electron chi connectivity index (χ4n) is 3.98. The van der Waals surface area contributed by atoms with E-state index in [0.717, 1.165) is 54.3 Å². The molecule has 7 heteroatoms. The van der Waals surface area contributed by atoms with Crippen molar-refractivity contribution in [2.24, 2.45) is 0 Å². The Bertz CT molecular complexity index is 1010. The Balaban J connectivity index is 1.40. The number of hydrogen-bond donors (Lipinski definition) is 3. The zero-order valence-electron chi connectivity index (χ0n) is 16.1. The van der Waals surface area contributed by atoms with Gasteiger partial charge in [-0.15, -0.1) is 0 Å². The number of amides is 1. The number of benzene rings is 2. The number of nitrogens with zero attached hydrogens (tertiary/aromatic N) is 1. The molecule has 152 valence electrons. The minimum atomic E-state index is -0.436. The second-order valence-corrected chi connectivity index (χ2v) is 7.60. The van der Waals surface area contributed by atoms with Gasteiger partial charge in [-0.1, -0.05) is 35.9 Å². The first-order valence-electron chi connectivity index (χ1n) is 9.81. The summed E-state index contributed by atoms with van der Waals surface area (Å²) < 4.78 is 8.20. The molecule has 3 aromatic rings. The van der Waals surface area contributed by atoms with Gasteiger partial charge in [0.1, 0.15) is 5.75 Å². The quantitative estimate of drug-likeness (QED) is 0.315. The molecule has 6 nitrogen and oxygen atoms in total. The minimum absolute atomic E-state index is 0.136. The van der Waals surface area contributed by atoms with Gasteiger partial charge in [0.15, 0.2) is 0 Å². The number of nitrogens with one attached hydrogen (secondary N) is 2. The van der Waals surface area contributed by atoms with E-state index < -0.39 is 5.91 Å². The summed E-state index contributed by atoms with van der Waals surface area (Å²) in [7, 11) is 0. The molecule has 0 bridgehead atoms. The lowest BCUT2D eigenvalue weighted by Gasteiger charge is -2.17. The van der Waals surface area contributed by atoms with Crippen molar-refractivity contribution >= 4 is 28.4 Å². The van der Waals surface area contributed by atoms with Gasteiger partial charge in [-0.2, -0.15) is 0 Å². The highest BCUT2D eigenvalue weighted by atomic mass is 35.5. The largest absolute Gasteiger partial charge is 0.494 e. The molecule has 2 aromatic carbocycles. The maximum Gasteiger partial charge on any atom is 0.247 e. The SMILES string of the molecule is O=C(Cc1ccc(OCCCn2c3c(c4cccc(Cl)c42)CCNC3)cc1)NO. The van der Waals surface area contributed by atoms with E-state index in [1.54, 1.807) is 5.48 Å². The molecular formula is C22H24ClN3O3. The van der Waals surface area contributed by atoms with Crippen LogP contribution in [0.2, 0.25) is 5.02 Å². The number of carbonyl (C=O) groups excluding carboxylic acids is 1. The number of hydroxylamine groups is 1. The molecule has 4 rings (SSSR count). The standard InChI is InChI=1S/C22H24ClN3O3/c23-19-4-1-3-18-17-9-10-24-14-20(17)26(22(18)19)11-2-12-29-16-7-5-15(6-8-16)13-21(27)25-28/h1,3-8,24,28H,2,9-14H2,(H,25,27). The van der Waals surface area contributed by atoms with Gasteiger partial charge >= 0.3 is 0 Å². The highest BCUT2D eigenvalue weighted by Gasteiger charge is 2.20. The molecule has 0 spiro atoms. The van der Waals surface area contributed by atoms with E-state index in [0.29, 0.717) is 6.61 Å². The van der Waals surface area contributed by atoms with Crippen LogP contribution < -0.4 is 15.5 Å². The molecule has 0 radical (unpaired) electrons. The predicted octanol–water partition coefficient (Wildman–Crippen LogP) is 3.46. The summed E-state index contributed by atoms with van der Waals surface area (Å²) in [5.74, 6) is 0.325. The fourth-order valence-corrected chi connectivity index (χ4v) is 4.25. The Kier molecular flexibility index (Phi) is 6.04. The van der Waals surface area contributed by atoms with Crippen molar-refractivity contribution in [2.45, 2.75) is 32.4 Å². The topological polar surface area (TPSA) is 75.5 Å². The highest BCUT2D eigenvalue weighted by molar-refractivity contribution is 6.35. The Morgan fingerprint density at radius 1 is 1.24 bits per heavy atom. The molecule has 2 heterocycles.